The smallest absolute Gasteiger partial charge is 0.410 e. The van der Waals surface area contributed by atoms with Crippen LogP contribution in [0.15, 0.2) is 24.5 Å². The summed E-state index contributed by atoms with van der Waals surface area (Å²) in [5.74, 6) is 0.577. The number of halogens is 2. The van der Waals surface area contributed by atoms with Crippen molar-refractivity contribution in [3.8, 4) is 5.75 Å². The first-order valence-electron chi connectivity index (χ1n) is 10.3. The number of hydrogen-bond acceptors (Lipinski definition) is 7. The summed E-state index contributed by atoms with van der Waals surface area (Å²) in [5.41, 5.74) is -0.175. The van der Waals surface area contributed by atoms with Gasteiger partial charge in [-0.1, -0.05) is 6.07 Å². The number of carbonyl (C=O) groups is 1. The molecular formula is C21H29F2N5O3. The summed E-state index contributed by atoms with van der Waals surface area (Å²) >= 11 is 0. The number of nitrogens with zero attached hydrogens (tertiary/aromatic N) is 4. The van der Waals surface area contributed by atoms with E-state index < -0.39 is 12.2 Å². The highest BCUT2D eigenvalue weighted by molar-refractivity contribution is 5.92. The Labute approximate surface area is 180 Å². The monoisotopic (exact) mass is 437 g/mol. The Morgan fingerprint density at radius 1 is 1.19 bits per heavy atom. The van der Waals surface area contributed by atoms with Crippen LogP contribution in [0.1, 0.15) is 27.7 Å². The lowest BCUT2D eigenvalue weighted by molar-refractivity contribution is -0.0489. The van der Waals surface area contributed by atoms with Gasteiger partial charge in [0.25, 0.3) is 0 Å². The van der Waals surface area contributed by atoms with Crippen molar-refractivity contribution in [2.24, 2.45) is 0 Å². The standard InChI is InChI=1S/C21H29F2N5O3/c1-14(12-27-8-10-28(11-9-27)20(29)31-21(2,3)4)26-18-15-6-5-7-16(30-19(22)23)17(15)24-13-25-18/h5-7,13-14,19H,8-12H2,1-4H3,(H,24,25,26)/t14-/m0/s1. The quantitative estimate of drug-likeness (QED) is 0.740. The number of amides is 1. The fourth-order valence-corrected chi connectivity index (χ4v) is 3.47. The predicted molar refractivity (Wildman–Crippen MR) is 114 cm³/mol. The third-order valence-electron chi connectivity index (χ3n) is 4.78. The van der Waals surface area contributed by atoms with Crippen molar-refractivity contribution in [2.45, 2.75) is 45.9 Å². The average Bonchev–Trinajstić information content (AvgIpc) is 2.67. The molecule has 0 radical (unpaired) electrons. The summed E-state index contributed by atoms with van der Waals surface area (Å²) in [6, 6.07) is 4.89. The molecule has 1 saturated heterocycles. The van der Waals surface area contributed by atoms with Crippen LogP contribution < -0.4 is 10.1 Å². The Balaban J connectivity index is 1.58. The van der Waals surface area contributed by atoms with Gasteiger partial charge >= 0.3 is 12.7 Å². The molecule has 0 unspecified atom stereocenters. The van der Waals surface area contributed by atoms with Crippen LogP contribution in [0.4, 0.5) is 19.4 Å². The summed E-state index contributed by atoms with van der Waals surface area (Å²) in [7, 11) is 0. The normalized spacial score (nSPS) is 16.4. The second kappa shape index (κ2) is 9.59. The number of anilines is 1. The lowest BCUT2D eigenvalue weighted by Crippen LogP contribution is -2.51. The van der Waals surface area contributed by atoms with Gasteiger partial charge in [0.05, 0.1) is 0 Å². The van der Waals surface area contributed by atoms with E-state index in [1.54, 1.807) is 17.0 Å². The summed E-state index contributed by atoms with van der Waals surface area (Å²) in [6.07, 6.45) is 1.04. The van der Waals surface area contributed by atoms with Crippen molar-refractivity contribution in [3.63, 3.8) is 0 Å². The van der Waals surface area contributed by atoms with Crippen molar-refractivity contribution in [1.29, 1.82) is 0 Å². The molecule has 1 aromatic carbocycles. The highest BCUT2D eigenvalue weighted by Crippen LogP contribution is 2.28. The van der Waals surface area contributed by atoms with Crippen LogP contribution >= 0.6 is 0 Å². The molecule has 1 N–H and O–H groups in total. The van der Waals surface area contributed by atoms with Gasteiger partial charge in [-0.2, -0.15) is 8.78 Å². The molecule has 1 amide bonds. The topological polar surface area (TPSA) is 79.8 Å². The van der Waals surface area contributed by atoms with Gasteiger partial charge in [-0.05, 0) is 39.8 Å². The zero-order chi connectivity index (χ0) is 22.6. The molecule has 0 bridgehead atoms. The molecule has 0 saturated carbocycles. The van der Waals surface area contributed by atoms with Crippen LogP contribution in [0.25, 0.3) is 10.9 Å². The third kappa shape index (κ3) is 6.36. The molecule has 1 aliphatic rings. The van der Waals surface area contributed by atoms with Gasteiger partial charge in [-0.15, -0.1) is 0 Å². The summed E-state index contributed by atoms with van der Waals surface area (Å²) in [5, 5.41) is 3.95. The van der Waals surface area contributed by atoms with Gasteiger partial charge in [-0.3, -0.25) is 4.90 Å². The first-order valence-corrected chi connectivity index (χ1v) is 10.3. The Morgan fingerprint density at radius 2 is 1.90 bits per heavy atom. The Kier molecular flexibility index (Phi) is 7.09. The summed E-state index contributed by atoms with van der Waals surface area (Å²) in [6.45, 7) is 8.09. The van der Waals surface area contributed by atoms with Crippen molar-refractivity contribution in [1.82, 2.24) is 19.8 Å². The molecule has 0 spiro atoms. The zero-order valence-electron chi connectivity index (χ0n) is 18.3. The molecular weight excluding hydrogens is 408 g/mol. The Morgan fingerprint density at radius 3 is 2.55 bits per heavy atom. The van der Waals surface area contributed by atoms with Crippen LogP contribution in [0.3, 0.4) is 0 Å². The van der Waals surface area contributed by atoms with Crippen molar-refractivity contribution >= 4 is 22.8 Å². The molecule has 8 nitrogen and oxygen atoms in total. The fourth-order valence-electron chi connectivity index (χ4n) is 3.47. The molecule has 3 rings (SSSR count). The SMILES string of the molecule is C[C@@H](CN1CCN(C(=O)OC(C)(C)C)CC1)Nc1ncnc2c(OC(F)F)cccc12. The van der Waals surface area contributed by atoms with Gasteiger partial charge in [-0.25, -0.2) is 14.8 Å². The lowest BCUT2D eigenvalue weighted by Gasteiger charge is -2.36. The average molecular weight is 437 g/mol. The Hall–Kier alpha value is -2.75. The number of fused-ring (bicyclic) bond motifs is 1. The number of benzene rings is 1. The van der Waals surface area contributed by atoms with E-state index in [1.807, 2.05) is 27.7 Å². The van der Waals surface area contributed by atoms with E-state index in [-0.39, 0.29) is 17.9 Å². The fraction of sp³-hybridized carbons (Fsp3) is 0.571. The molecule has 2 heterocycles. The first kappa shape index (κ1) is 22.9. The van der Waals surface area contributed by atoms with Crippen molar-refractivity contribution in [2.75, 3.05) is 38.0 Å². The molecule has 1 fully saturated rings. The van der Waals surface area contributed by atoms with E-state index >= 15 is 0 Å². The number of carbonyl (C=O) groups excluding carboxylic acids is 1. The molecule has 31 heavy (non-hydrogen) atoms. The highest BCUT2D eigenvalue weighted by atomic mass is 19.3. The second-order valence-corrected chi connectivity index (χ2v) is 8.57. The molecule has 1 aliphatic heterocycles. The molecule has 170 valence electrons. The summed E-state index contributed by atoms with van der Waals surface area (Å²) in [4.78, 5) is 24.6. The molecule has 1 aromatic heterocycles. The van der Waals surface area contributed by atoms with E-state index in [0.29, 0.717) is 29.8 Å². The van der Waals surface area contributed by atoms with Gasteiger partial charge in [0.1, 0.15) is 23.3 Å². The van der Waals surface area contributed by atoms with E-state index in [0.717, 1.165) is 19.6 Å². The molecule has 2 aromatic rings. The van der Waals surface area contributed by atoms with Crippen LogP contribution in [-0.4, -0.2) is 76.8 Å². The van der Waals surface area contributed by atoms with Gasteiger partial charge in [0.15, 0.2) is 5.75 Å². The molecule has 1 atom stereocenters. The maximum Gasteiger partial charge on any atom is 0.410 e. The maximum absolute atomic E-state index is 12.7. The van der Waals surface area contributed by atoms with Crippen LogP contribution in [-0.2, 0) is 4.74 Å². The van der Waals surface area contributed by atoms with Crippen molar-refractivity contribution < 1.29 is 23.0 Å². The largest absolute Gasteiger partial charge is 0.444 e. The molecule has 0 aliphatic carbocycles. The lowest BCUT2D eigenvalue weighted by atomic mass is 10.2. The van der Waals surface area contributed by atoms with E-state index in [1.165, 1.54) is 12.4 Å². The number of aromatic nitrogens is 2. The third-order valence-corrected chi connectivity index (χ3v) is 4.78. The van der Waals surface area contributed by atoms with E-state index in [2.05, 4.69) is 24.9 Å². The Bertz CT molecular complexity index is 898. The van der Waals surface area contributed by atoms with Crippen LogP contribution in [0, 0.1) is 0 Å². The number of nitrogens with one attached hydrogen (secondary N) is 1. The van der Waals surface area contributed by atoms with Crippen LogP contribution in [0.2, 0.25) is 0 Å². The zero-order valence-corrected chi connectivity index (χ0v) is 18.3. The minimum absolute atomic E-state index is 0.0175. The van der Waals surface area contributed by atoms with Crippen molar-refractivity contribution in [3.05, 3.63) is 24.5 Å². The van der Waals surface area contributed by atoms with Gasteiger partial charge in [0, 0.05) is 44.2 Å². The summed E-state index contributed by atoms with van der Waals surface area (Å²) < 4.78 is 35.3. The number of rotatable bonds is 6. The van der Waals surface area contributed by atoms with Gasteiger partial charge < -0.3 is 19.7 Å². The number of alkyl halides is 2. The second-order valence-electron chi connectivity index (χ2n) is 8.57. The maximum atomic E-state index is 12.7. The first-order chi connectivity index (χ1) is 14.6. The van der Waals surface area contributed by atoms with Crippen LogP contribution in [0.5, 0.6) is 5.75 Å². The van der Waals surface area contributed by atoms with Gasteiger partial charge in [0.2, 0.25) is 0 Å². The minimum Gasteiger partial charge on any atom is -0.444 e. The number of piperazine rings is 1. The van der Waals surface area contributed by atoms with E-state index in [9.17, 15) is 13.6 Å². The molecule has 10 heteroatoms. The predicted octanol–water partition coefficient (Wildman–Crippen LogP) is 3.58. The number of para-hydroxylation sites is 1. The minimum atomic E-state index is -2.92. The number of hydrogen-bond donors (Lipinski definition) is 1. The number of ether oxygens (including phenoxy) is 2. The highest BCUT2D eigenvalue weighted by Gasteiger charge is 2.26. The van der Waals surface area contributed by atoms with E-state index in [4.69, 9.17) is 4.74 Å².